The van der Waals surface area contributed by atoms with Crippen LogP contribution in [0.4, 0.5) is 5.69 Å². The van der Waals surface area contributed by atoms with E-state index in [4.69, 9.17) is 16.3 Å². The molecule has 30 heavy (non-hydrogen) atoms. The van der Waals surface area contributed by atoms with E-state index in [1.807, 2.05) is 35.2 Å². The van der Waals surface area contributed by atoms with Crippen LogP contribution in [0.1, 0.15) is 55.5 Å². The van der Waals surface area contributed by atoms with Crippen LogP contribution in [0.15, 0.2) is 42.5 Å². The molecule has 0 aromatic heterocycles. The maximum Gasteiger partial charge on any atom is 0.271 e. The number of fused-ring (bicyclic) bond motifs is 1. The molecule has 0 N–H and O–H groups in total. The number of hydrogen-bond acceptors (Lipinski definition) is 3. The Morgan fingerprint density at radius 1 is 1.03 bits per heavy atom. The number of likely N-dealkylation sites (tertiary alicyclic amines) is 1. The molecule has 0 spiro atoms. The molecule has 2 amide bonds. The highest BCUT2D eigenvalue weighted by Crippen LogP contribution is 2.39. The van der Waals surface area contributed by atoms with Gasteiger partial charge in [0.25, 0.3) is 11.8 Å². The van der Waals surface area contributed by atoms with E-state index >= 15 is 0 Å². The Labute approximate surface area is 182 Å². The molecule has 0 radical (unpaired) electrons. The molecule has 2 aromatic rings. The Balaban J connectivity index is 1.68. The largest absolute Gasteiger partial charge is 0.476 e. The van der Waals surface area contributed by atoms with Gasteiger partial charge in [0.1, 0.15) is 5.75 Å². The fourth-order valence-corrected chi connectivity index (χ4v) is 4.21. The number of ether oxygens (including phenoxy) is 1. The van der Waals surface area contributed by atoms with Gasteiger partial charge in [-0.3, -0.25) is 9.59 Å². The molecule has 1 fully saturated rings. The van der Waals surface area contributed by atoms with Gasteiger partial charge in [-0.15, -0.1) is 0 Å². The van der Waals surface area contributed by atoms with Gasteiger partial charge < -0.3 is 14.5 Å². The van der Waals surface area contributed by atoms with Gasteiger partial charge >= 0.3 is 0 Å². The highest BCUT2D eigenvalue weighted by molar-refractivity contribution is 6.30. The molecule has 158 valence electrons. The predicted molar refractivity (Wildman–Crippen MR) is 118 cm³/mol. The maximum atomic E-state index is 13.2. The smallest absolute Gasteiger partial charge is 0.271 e. The monoisotopic (exact) mass is 426 g/mol. The van der Waals surface area contributed by atoms with E-state index < -0.39 is 5.60 Å². The van der Waals surface area contributed by atoms with Crippen LogP contribution < -0.4 is 9.64 Å². The first kappa shape index (κ1) is 20.7. The molecular weight excluding hydrogens is 400 g/mol. The normalized spacial score (nSPS) is 18.4. The molecular formula is C24H27ClN2O3. The van der Waals surface area contributed by atoms with Crippen molar-refractivity contribution in [3.8, 4) is 5.75 Å². The summed E-state index contributed by atoms with van der Waals surface area (Å²) in [6.45, 7) is 5.49. The van der Waals surface area contributed by atoms with Crippen LogP contribution >= 0.6 is 11.6 Å². The van der Waals surface area contributed by atoms with Crippen LogP contribution in [-0.2, 0) is 11.3 Å². The van der Waals surface area contributed by atoms with E-state index in [-0.39, 0.29) is 11.8 Å². The first-order chi connectivity index (χ1) is 14.3. The molecule has 5 nitrogen and oxygen atoms in total. The van der Waals surface area contributed by atoms with Crippen molar-refractivity contribution in [2.45, 2.75) is 51.7 Å². The molecule has 6 heteroatoms. The number of carbonyl (C=O) groups excluding carboxylic acids is 2. The quantitative estimate of drug-likeness (QED) is 0.689. The second kappa shape index (κ2) is 8.31. The third kappa shape index (κ3) is 4.17. The number of hydrogen-bond donors (Lipinski definition) is 0. The molecule has 0 saturated carbocycles. The van der Waals surface area contributed by atoms with Gasteiger partial charge in [0.2, 0.25) is 0 Å². The number of halogens is 1. The lowest BCUT2D eigenvalue weighted by Crippen LogP contribution is -2.52. The molecule has 2 aliphatic rings. The van der Waals surface area contributed by atoms with E-state index in [1.165, 1.54) is 12.8 Å². The van der Waals surface area contributed by atoms with Crippen molar-refractivity contribution < 1.29 is 14.3 Å². The van der Waals surface area contributed by atoms with Crippen molar-refractivity contribution >= 4 is 29.1 Å². The first-order valence-electron chi connectivity index (χ1n) is 10.5. The highest BCUT2D eigenvalue weighted by Gasteiger charge is 2.41. The lowest BCUT2D eigenvalue weighted by molar-refractivity contribution is -0.132. The minimum Gasteiger partial charge on any atom is -0.476 e. The first-order valence-corrected chi connectivity index (χ1v) is 10.9. The molecule has 0 atom stereocenters. The minimum absolute atomic E-state index is 0.0171. The average molecular weight is 427 g/mol. The summed E-state index contributed by atoms with van der Waals surface area (Å²) in [5.41, 5.74) is 1.21. The third-order valence-corrected chi connectivity index (χ3v) is 6.02. The summed E-state index contributed by atoms with van der Waals surface area (Å²) in [7, 11) is 0. The summed E-state index contributed by atoms with van der Waals surface area (Å²) < 4.78 is 5.98. The topological polar surface area (TPSA) is 49.9 Å². The number of anilines is 1. The van der Waals surface area contributed by atoms with E-state index in [2.05, 4.69) is 0 Å². The van der Waals surface area contributed by atoms with Crippen molar-refractivity contribution in [2.24, 2.45) is 0 Å². The van der Waals surface area contributed by atoms with Crippen molar-refractivity contribution in [1.29, 1.82) is 0 Å². The summed E-state index contributed by atoms with van der Waals surface area (Å²) in [5.74, 6) is 0.494. The van der Waals surface area contributed by atoms with Crippen LogP contribution in [0, 0.1) is 0 Å². The lowest BCUT2D eigenvalue weighted by atomic mass is 10.0. The summed E-state index contributed by atoms with van der Waals surface area (Å²) in [4.78, 5) is 29.9. The molecule has 4 rings (SSSR count). The predicted octanol–water partition coefficient (Wildman–Crippen LogP) is 5.06. The van der Waals surface area contributed by atoms with E-state index in [0.717, 1.165) is 31.5 Å². The van der Waals surface area contributed by atoms with Crippen molar-refractivity contribution in [2.75, 3.05) is 18.0 Å². The average Bonchev–Trinajstić information content (AvgIpc) is 3.01. The standard InChI is InChI=1S/C24H27ClN2O3/c1-24(2)23(29)27(16-17-7-10-19(25)11-8-17)20-15-18(9-12-21(20)30-24)22(28)26-13-5-3-4-6-14-26/h7-12,15H,3-6,13-14,16H2,1-2H3. The second-order valence-corrected chi connectivity index (χ2v) is 8.96. The van der Waals surface area contributed by atoms with E-state index in [1.54, 1.807) is 30.9 Å². The van der Waals surface area contributed by atoms with Crippen LogP contribution in [0.2, 0.25) is 5.02 Å². The number of amides is 2. The van der Waals surface area contributed by atoms with Gasteiger partial charge in [0.15, 0.2) is 5.60 Å². The SMILES string of the molecule is CC1(C)Oc2ccc(C(=O)N3CCCCCC3)cc2N(Cc2ccc(Cl)cc2)C1=O. The minimum atomic E-state index is -0.976. The second-order valence-electron chi connectivity index (χ2n) is 8.52. The Morgan fingerprint density at radius 2 is 1.70 bits per heavy atom. The van der Waals surface area contributed by atoms with Crippen LogP contribution in [0.3, 0.4) is 0 Å². The lowest BCUT2D eigenvalue weighted by Gasteiger charge is -2.39. The summed E-state index contributed by atoms with van der Waals surface area (Å²) in [5, 5.41) is 0.651. The van der Waals surface area contributed by atoms with Gasteiger partial charge in [-0.25, -0.2) is 0 Å². The molecule has 0 aliphatic carbocycles. The fourth-order valence-electron chi connectivity index (χ4n) is 4.09. The molecule has 0 bridgehead atoms. The van der Waals surface area contributed by atoms with Gasteiger partial charge in [-0.2, -0.15) is 0 Å². The van der Waals surface area contributed by atoms with Crippen LogP contribution in [0.5, 0.6) is 5.75 Å². The molecule has 0 unspecified atom stereocenters. The van der Waals surface area contributed by atoms with Gasteiger partial charge in [-0.05, 0) is 62.6 Å². The number of benzene rings is 2. The van der Waals surface area contributed by atoms with Crippen LogP contribution in [0.25, 0.3) is 0 Å². The van der Waals surface area contributed by atoms with Gasteiger partial charge in [0, 0.05) is 23.7 Å². The van der Waals surface area contributed by atoms with Gasteiger partial charge in [-0.1, -0.05) is 36.6 Å². The van der Waals surface area contributed by atoms with E-state index in [9.17, 15) is 9.59 Å². The molecule has 2 heterocycles. The molecule has 2 aliphatic heterocycles. The zero-order chi connectivity index (χ0) is 21.3. The van der Waals surface area contributed by atoms with Crippen LogP contribution in [-0.4, -0.2) is 35.4 Å². The zero-order valence-corrected chi connectivity index (χ0v) is 18.2. The van der Waals surface area contributed by atoms with Crippen molar-refractivity contribution in [1.82, 2.24) is 4.90 Å². The number of rotatable bonds is 3. The summed E-state index contributed by atoms with van der Waals surface area (Å²) in [6, 6.07) is 12.8. The summed E-state index contributed by atoms with van der Waals surface area (Å²) in [6.07, 6.45) is 4.41. The van der Waals surface area contributed by atoms with Crippen molar-refractivity contribution in [3.63, 3.8) is 0 Å². The van der Waals surface area contributed by atoms with Gasteiger partial charge in [0.05, 0.1) is 12.2 Å². The zero-order valence-electron chi connectivity index (χ0n) is 17.5. The van der Waals surface area contributed by atoms with Crippen molar-refractivity contribution in [3.05, 3.63) is 58.6 Å². The third-order valence-electron chi connectivity index (χ3n) is 5.77. The Kier molecular flexibility index (Phi) is 5.74. The summed E-state index contributed by atoms with van der Waals surface area (Å²) >= 11 is 6.01. The Bertz CT molecular complexity index is 947. The fraction of sp³-hybridized carbons (Fsp3) is 0.417. The molecule has 2 aromatic carbocycles. The number of nitrogens with zero attached hydrogens (tertiary/aromatic N) is 2. The number of carbonyl (C=O) groups is 2. The Morgan fingerprint density at radius 3 is 2.37 bits per heavy atom. The molecule has 1 saturated heterocycles. The highest BCUT2D eigenvalue weighted by atomic mass is 35.5. The maximum absolute atomic E-state index is 13.2. The van der Waals surface area contributed by atoms with E-state index in [0.29, 0.717) is 28.6 Å². The Hall–Kier alpha value is -2.53.